The molecular weight excluding hydrogens is 220 g/mol. The molecule has 0 heterocycles. The molecule has 94 valence electrons. The van der Waals surface area contributed by atoms with Crippen molar-refractivity contribution in [3.63, 3.8) is 0 Å². The highest BCUT2D eigenvalue weighted by Crippen LogP contribution is 2.08. The Morgan fingerprint density at radius 1 is 1.35 bits per heavy atom. The van der Waals surface area contributed by atoms with E-state index >= 15 is 0 Å². The first-order chi connectivity index (χ1) is 8.04. The minimum atomic E-state index is -1.61. The molecule has 0 unspecified atom stereocenters. The molecule has 0 aliphatic rings. The van der Waals surface area contributed by atoms with Gasteiger partial charge in [-0.15, -0.1) is 0 Å². The lowest BCUT2D eigenvalue weighted by molar-refractivity contribution is 0.315. The van der Waals surface area contributed by atoms with Crippen LogP contribution in [0.15, 0.2) is 18.2 Å². The molecule has 0 aliphatic carbocycles. The Bertz CT molecular complexity index is 360. The molecule has 1 aromatic rings. The minimum absolute atomic E-state index is 0.183. The molecular formula is C12H19BFNO2. The Hall–Kier alpha value is -0.905. The zero-order chi connectivity index (χ0) is 12.8. The molecule has 3 nitrogen and oxygen atoms in total. The number of nitrogens with zero attached hydrogens (tertiary/aromatic N) is 1. The fourth-order valence-electron chi connectivity index (χ4n) is 1.65. The molecule has 0 bridgehead atoms. The second-order valence-electron chi connectivity index (χ2n) is 4.32. The summed E-state index contributed by atoms with van der Waals surface area (Å²) in [5.41, 5.74) is 0.760. The summed E-state index contributed by atoms with van der Waals surface area (Å²) in [7, 11) is 0.334. The number of unbranched alkanes of at least 4 members (excludes halogenated alkanes) is 1. The average Bonchev–Trinajstić information content (AvgIpc) is 2.28. The number of benzene rings is 1. The van der Waals surface area contributed by atoms with Crippen LogP contribution in [0.25, 0.3) is 0 Å². The highest BCUT2D eigenvalue weighted by atomic mass is 19.1. The zero-order valence-corrected chi connectivity index (χ0v) is 10.4. The van der Waals surface area contributed by atoms with Crippen molar-refractivity contribution in [2.75, 3.05) is 13.6 Å². The predicted octanol–water partition coefficient (Wildman–Crippen LogP) is 0.737. The quantitative estimate of drug-likeness (QED) is 0.719. The smallest absolute Gasteiger partial charge is 0.423 e. The van der Waals surface area contributed by atoms with E-state index in [0.717, 1.165) is 19.4 Å². The van der Waals surface area contributed by atoms with E-state index in [1.54, 1.807) is 6.07 Å². The van der Waals surface area contributed by atoms with Gasteiger partial charge in [0.25, 0.3) is 0 Å². The van der Waals surface area contributed by atoms with E-state index in [9.17, 15) is 4.39 Å². The second kappa shape index (κ2) is 6.74. The first kappa shape index (κ1) is 14.2. The lowest BCUT2D eigenvalue weighted by Crippen LogP contribution is -2.30. The van der Waals surface area contributed by atoms with E-state index < -0.39 is 7.12 Å². The summed E-state index contributed by atoms with van der Waals surface area (Å²) in [5, 5.41) is 17.8. The van der Waals surface area contributed by atoms with Gasteiger partial charge in [-0.2, -0.15) is 0 Å². The Morgan fingerprint density at radius 2 is 2.06 bits per heavy atom. The minimum Gasteiger partial charge on any atom is -0.423 e. The van der Waals surface area contributed by atoms with Crippen molar-refractivity contribution in [2.45, 2.75) is 26.3 Å². The van der Waals surface area contributed by atoms with Crippen molar-refractivity contribution >= 4 is 12.6 Å². The van der Waals surface area contributed by atoms with Crippen molar-refractivity contribution in [3.05, 3.63) is 29.6 Å². The summed E-state index contributed by atoms with van der Waals surface area (Å²) in [6.07, 6.45) is 2.20. The number of hydrogen-bond acceptors (Lipinski definition) is 3. The van der Waals surface area contributed by atoms with Crippen molar-refractivity contribution in [2.24, 2.45) is 0 Å². The standard InChI is InChI=1S/C12H19BFNO2/c1-3-4-7-15(2)9-10-5-6-11(13(16)17)8-12(10)14/h5-6,8,16-17H,3-4,7,9H2,1-2H3. The Morgan fingerprint density at radius 3 is 2.59 bits per heavy atom. The van der Waals surface area contributed by atoms with E-state index in [-0.39, 0.29) is 11.3 Å². The van der Waals surface area contributed by atoms with Crippen LogP contribution in [0.2, 0.25) is 0 Å². The third kappa shape index (κ3) is 4.46. The molecule has 0 aliphatic heterocycles. The molecule has 0 amide bonds. The summed E-state index contributed by atoms with van der Waals surface area (Å²) < 4.78 is 13.6. The van der Waals surface area contributed by atoms with Gasteiger partial charge in [-0.3, -0.25) is 0 Å². The monoisotopic (exact) mass is 239 g/mol. The van der Waals surface area contributed by atoms with Crippen LogP contribution in [0.1, 0.15) is 25.3 Å². The maximum Gasteiger partial charge on any atom is 0.488 e. The molecule has 0 aromatic heterocycles. The number of halogens is 1. The molecule has 0 radical (unpaired) electrons. The molecule has 0 fully saturated rings. The van der Waals surface area contributed by atoms with Gasteiger partial charge in [0.15, 0.2) is 0 Å². The number of hydrogen-bond donors (Lipinski definition) is 2. The topological polar surface area (TPSA) is 43.7 Å². The van der Waals surface area contributed by atoms with E-state index in [1.807, 2.05) is 7.05 Å². The molecule has 1 rings (SSSR count). The van der Waals surface area contributed by atoms with Crippen LogP contribution in [0.5, 0.6) is 0 Å². The van der Waals surface area contributed by atoms with Gasteiger partial charge in [0.1, 0.15) is 5.82 Å². The van der Waals surface area contributed by atoms with E-state index in [4.69, 9.17) is 10.0 Å². The van der Waals surface area contributed by atoms with Gasteiger partial charge in [-0.05, 0) is 31.5 Å². The normalized spacial score (nSPS) is 10.9. The molecule has 17 heavy (non-hydrogen) atoms. The van der Waals surface area contributed by atoms with E-state index in [2.05, 4.69) is 11.8 Å². The Balaban J connectivity index is 2.65. The lowest BCUT2D eigenvalue weighted by Gasteiger charge is -2.16. The molecule has 2 N–H and O–H groups in total. The third-order valence-corrected chi connectivity index (χ3v) is 2.71. The van der Waals surface area contributed by atoms with Gasteiger partial charge in [0.2, 0.25) is 0 Å². The SMILES string of the molecule is CCCCN(C)Cc1ccc(B(O)O)cc1F. The van der Waals surface area contributed by atoms with Crippen LogP contribution < -0.4 is 5.46 Å². The molecule has 1 aromatic carbocycles. The summed E-state index contributed by atoms with van der Waals surface area (Å²) in [4.78, 5) is 2.05. The molecule has 5 heteroatoms. The van der Waals surface area contributed by atoms with Crippen LogP contribution in [-0.2, 0) is 6.54 Å². The highest BCUT2D eigenvalue weighted by molar-refractivity contribution is 6.58. The highest BCUT2D eigenvalue weighted by Gasteiger charge is 2.14. The first-order valence-corrected chi connectivity index (χ1v) is 5.87. The summed E-state index contributed by atoms with van der Waals surface area (Å²) in [6, 6.07) is 4.32. The van der Waals surface area contributed by atoms with Crippen molar-refractivity contribution in [1.82, 2.24) is 4.90 Å². The average molecular weight is 239 g/mol. The van der Waals surface area contributed by atoms with Crippen LogP contribution in [0, 0.1) is 5.82 Å². The van der Waals surface area contributed by atoms with Crippen LogP contribution in [0.4, 0.5) is 4.39 Å². The van der Waals surface area contributed by atoms with Crippen LogP contribution in [0.3, 0.4) is 0 Å². The van der Waals surface area contributed by atoms with Crippen LogP contribution >= 0.6 is 0 Å². The summed E-state index contributed by atoms with van der Waals surface area (Å²) >= 11 is 0. The van der Waals surface area contributed by atoms with Gasteiger partial charge < -0.3 is 14.9 Å². The van der Waals surface area contributed by atoms with E-state index in [1.165, 1.54) is 12.1 Å². The lowest BCUT2D eigenvalue weighted by atomic mass is 9.80. The predicted molar refractivity (Wildman–Crippen MR) is 67.5 cm³/mol. The molecule has 0 spiro atoms. The summed E-state index contributed by atoms with van der Waals surface area (Å²) in [6.45, 7) is 3.58. The van der Waals surface area contributed by atoms with Gasteiger partial charge in [0.05, 0.1) is 0 Å². The fourth-order valence-corrected chi connectivity index (χ4v) is 1.65. The van der Waals surface area contributed by atoms with Gasteiger partial charge >= 0.3 is 7.12 Å². The molecule has 0 saturated heterocycles. The second-order valence-corrected chi connectivity index (χ2v) is 4.32. The Kier molecular flexibility index (Phi) is 5.61. The zero-order valence-electron chi connectivity index (χ0n) is 10.4. The molecule has 0 atom stereocenters. The van der Waals surface area contributed by atoms with Crippen molar-refractivity contribution in [1.29, 1.82) is 0 Å². The first-order valence-electron chi connectivity index (χ1n) is 5.87. The van der Waals surface area contributed by atoms with Crippen molar-refractivity contribution < 1.29 is 14.4 Å². The largest absolute Gasteiger partial charge is 0.488 e. The van der Waals surface area contributed by atoms with Gasteiger partial charge in [-0.1, -0.05) is 25.5 Å². The number of rotatable bonds is 6. The maximum absolute atomic E-state index is 13.6. The third-order valence-electron chi connectivity index (χ3n) is 2.71. The van der Waals surface area contributed by atoms with E-state index in [0.29, 0.717) is 12.1 Å². The van der Waals surface area contributed by atoms with Gasteiger partial charge in [-0.25, -0.2) is 4.39 Å². The van der Waals surface area contributed by atoms with Crippen molar-refractivity contribution in [3.8, 4) is 0 Å². The van der Waals surface area contributed by atoms with Gasteiger partial charge in [0, 0.05) is 12.1 Å². The maximum atomic E-state index is 13.6. The molecule has 0 saturated carbocycles. The summed E-state index contributed by atoms with van der Waals surface area (Å²) in [5.74, 6) is -0.390. The Labute approximate surface area is 102 Å². The fraction of sp³-hybridized carbons (Fsp3) is 0.500. The van der Waals surface area contributed by atoms with Crippen LogP contribution in [-0.4, -0.2) is 35.7 Å².